The van der Waals surface area contributed by atoms with Crippen molar-refractivity contribution in [2.75, 3.05) is 11.9 Å². The number of hydrogen-bond donors (Lipinski definition) is 1. The van der Waals surface area contributed by atoms with Crippen LogP contribution in [0.5, 0.6) is 5.75 Å². The molecule has 0 saturated heterocycles. The van der Waals surface area contributed by atoms with Crippen molar-refractivity contribution >= 4 is 21.6 Å². The van der Waals surface area contributed by atoms with Gasteiger partial charge in [-0.1, -0.05) is 54.0 Å². The Balaban J connectivity index is 1.81. The van der Waals surface area contributed by atoms with Crippen LogP contribution in [0, 0.1) is 0 Å². The third kappa shape index (κ3) is 2.68. The topological polar surface area (TPSA) is 21.3 Å². The van der Waals surface area contributed by atoms with E-state index in [0.29, 0.717) is 5.92 Å². The molecule has 2 aromatic rings. The van der Waals surface area contributed by atoms with Crippen LogP contribution < -0.4 is 10.1 Å². The Morgan fingerprint density at radius 3 is 2.60 bits per heavy atom. The maximum atomic E-state index is 6.09. The molecule has 0 aliphatic carbocycles. The molecule has 0 saturated carbocycles. The van der Waals surface area contributed by atoms with Crippen LogP contribution in [0.4, 0.5) is 5.69 Å². The summed E-state index contributed by atoms with van der Waals surface area (Å²) >= 11 is 3.48. The van der Waals surface area contributed by atoms with Crippen LogP contribution in [0.3, 0.4) is 0 Å². The van der Waals surface area contributed by atoms with Gasteiger partial charge in [-0.2, -0.15) is 0 Å². The van der Waals surface area contributed by atoms with E-state index in [-0.39, 0.29) is 6.10 Å². The Hall–Kier alpha value is -1.48. The van der Waals surface area contributed by atoms with Gasteiger partial charge < -0.3 is 10.1 Å². The molecular weight excluding hydrogens is 314 g/mol. The highest BCUT2D eigenvalue weighted by atomic mass is 79.9. The predicted octanol–water partition coefficient (Wildman–Crippen LogP) is 5.12. The van der Waals surface area contributed by atoms with Crippen molar-refractivity contribution in [1.29, 1.82) is 0 Å². The second-order valence-electron chi connectivity index (χ2n) is 5.45. The van der Waals surface area contributed by atoms with E-state index < -0.39 is 0 Å². The molecule has 1 aliphatic rings. The van der Waals surface area contributed by atoms with Gasteiger partial charge in [-0.3, -0.25) is 0 Å². The SMILES string of the molecule is CC(C)c1ccc(C2CNc3cc(Br)ccc3O2)cc1. The Bertz CT molecular complexity index is 607. The molecule has 0 aromatic heterocycles. The van der Waals surface area contributed by atoms with Crippen LogP contribution in [-0.4, -0.2) is 6.54 Å². The quantitative estimate of drug-likeness (QED) is 0.824. The molecule has 2 nitrogen and oxygen atoms in total. The molecule has 3 heteroatoms. The minimum Gasteiger partial charge on any atom is -0.482 e. The number of benzene rings is 2. The maximum Gasteiger partial charge on any atom is 0.143 e. The van der Waals surface area contributed by atoms with E-state index in [2.05, 4.69) is 59.4 Å². The van der Waals surface area contributed by atoms with Gasteiger partial charge in [-0.15, -0.1) is 0 Å². The van der Waals surface area contributed by atoms with Crippen LogP contribution in [0.2, 0.25) is 0 Å². The molecule has 0 radical (unpaired) electrons. The second kappa shape index (κ2) is 5.49. The molecule has 0 bridgehead atoms. The number of anilines is 1. The average Bonchev–Trinajstić information content (AvgIpc) is 2.47. The van der Waals surface area contributed by atoms with E-state index in [1.54, 1.807) is 0 Å². The summed E-state index contributed by atoms with van der Waals surface area (Å²) in [7, 11) is 0. The number of hydrogen-bond acceptors (Lipinski definition) is 2. The fourth-order valence-electron chi connectivity index (χ4n) is 2.42. The molecule has 0 amide bonds. The molecule has 104 valence electrons. The summed E-state index contributed by atoms with van der Waals surface area (Å²) in [6, 6.07) is 14.8. The summed E-state index contributed by atoms with van der Waals surface area (Å²) in [5, 5.41) is 3.43. The smallest absolute Gasteiger partial charge is 0.143 e. The molecular formula is C17H18BrNO. The summed E-state index contributed by atoms with van der Waals surface area (Å²) < 4.78 is 7.15. The fourth-order valence-corrected chi connectivity index (χ4v) is 2.78. The average molecular weight is 332 g/mol. The molecule has 0 spiro atoms. The molecule has 1 aliphatic heterocycles. The van der Waals surface area contributed by atoms with Crippen molar-refractivity contribution in [3.63, 3.8) is 0 Å². The highest BCUT2D eigenvalue weighted by molar-refractivity contribution is 9.10. The lowest BCUT2D eigenvalue weighted by Gasteiger charge is -2.28. The predicted molar refractivity (Wildman–Crippen MR) is 86.5 cm³/mol. The van der Waals surface area contributed by atoms with Crippen LogP contribution in [0.1, 0.15) is 37.0 Å². The van der Waals surface area contributed by atoms with Crippen molar-refractivity contribution in [3.05, 3.63) is 58.1 Å². The van der Waals surface area contributed by atoms with Gasteiger partial charge in [0.25, 0.3) is 0 Å². The lowest BCUT2D eigenvalue weighted by molar-refractivity contribution is 0.210. The summed E-state index contributed by atoms with van der Waals surface area (Å²) in [4.78, 5) is 0. The van der Waals surface area contributed by atoms with Crippen molar-refractivity contribution in [2.24, 2.45) is 0 Å². The lowest BCUT2D eigenvalue weighted by atomic mass is 9.99. The van der Waals surface area contributed by atoms with E-state index in [0.717, 1.165) is 22.5 Å². The Kier molecular flexibility index (Phi) is 3.70. The van der Waals surface area contributed by atoms with Gasteiger partial charge in [-0.05, 0) is 35.2 Å². The van der Waals surface area contributed by atoms with Crippen molar-refractivity contribution < 1.29 is 4.74 Å². The molecule has 1 N–H and O–H groups in total. The first-order valence-electron chi connectivity index (χ1n) is 6.93. The monoisotopic (exact) mass is 331 g/mol. The summed E-state index contributed by atoms with van der Waals surface area (Å²) in [5.41, 5.74) is 3.63. The van der Waals surface area contributed by atoms with Crippen LogP contribution in [0.25, 0.3) is 0 Å². The molecule has 1 atom stereocenters. The molecule has 3 rings (SSSR count). The van der Waals surface area contributed by atoms with E-state index in [1.165, 1.54) is 11.1 Å². The minimum absolute atomic E-state index is 0.0740. The molecule has 0 fully saturated rings. The number of nitrogens with one attached hydrogen (secondary N) is 1. The Morgan fingerprint density at radius 2 is 1.90 bits per heavy atom. The van der Waals surface area contributed by atoms with E-state index >= 15 is 0 Å². The third-order valence-electron chi connectivity index (χ3n) is 3.66. The van der Waals surface area contributed by atoms with E-state index in [9.17, 15) is 0 Å². The van der Waals surface area contributed by atoms with Gasteiger partial charge in [0.2, 0.25) is 0 Å². The first-order chi connectivity index (χ1) is 9.63. The van der Waals surface area contributed by atoms with Crippen LogP contribution >= 0.6 is 15.9 Å². The maximum absolute atomic E-state index is 6.09. The summed E-state index contributed by atoms with van der Waals surface area (Å²) in [6.45, 7) is 5.22. The largest absolute Gasteiger partial charge is 0.482 e. The zero-order valence-electron chi connectivity index (χ0n) is 11.7. The zero-order chi connectivity index (χ0) is 14.1. The van der Waals surface area contributed by atoms with Gasteiger partial charge in [0.05, 0.1) is 12.2 Å². The highest BCUT2D eigenvalue weighted by Gasteiger charge is 2.20. The van der Waals surface area contributed by atoms with Gasteiger partial charge in [-0.25, -0.2) is 0 Å². The van der Waals surface area contributed by atoms with E-state index in [1.807, 2.05) is 18.2 Å². The van der Waals surface area contributed by atoms with Crippen molar-refractivity contribution in [3.8, 4) is 5.75 Å². The molecule has 2 aromatic carbocycles. The van der Waals surface area contributed by atoms with Crippen molar-refractivity contribution in [1.82, 2.24) is 0 Å². The lowest BCUT2D eigenvalue weighted by Crippen LogP contribution is -2.23. The minimum atomic E-state index is 0.0740. The van der Waals surface area contributed by atoms with Crippen LogP contribution in [-0.2, 0) is 0 Å². The normalized spacial score (nSPS) is 17.3. The fraction of sp³-hybridized carbons (Fsp3) is 0.294. The van der Waals surface area contributed by atoms with Crippen LogP contribution in [0.15, 0.2) is 46.9 Å². The first-order valence-corrected chi connectivity index (χ1v) is 7.73. The molecule has 20 heavy (non-hydrogen) atoms. The number of ether oxygens (including phenoxy) is 1. The second-order valence-corrected chi connectivity index (χ2v) is 6.36. The third-order valence-corrected chi connectivity index (χ3v) is 4.16. The molecule has 1 unspecified atom stereocenters. The van der Waals surface area contributed by atoms with E-state index in [4.69, 9.17) is 4.74 Å². The number of fused-ring (bicyclic) bond motifs is 1. The number of rotatable bonds is 2. The van der Waals surface area contributed by atoms with Crippen molar-refractivity contribution in [2.45, 2.75) is 25.9 Å². The van der Waals surface area contributed by atoms with Gasteiger partial charge in [0.1, 0.15) is 11.9 Å². The molecule has 1 heterocycles. The zero-order valence-corrected chi connectivity index (χ0v) is 13.3. The van der Waals surface area contributed by atoms with Gasteiger partial charge >= 0.3 is 0 Å². The first kappa shape index (κ1) is 13.5. The standard InChI is InChI=1S/C17H18BrNO/c1-11(2)12-3-5-13(6-4-12)17-10-19-15-9-14(18)7-8-16(15)20-17/h3-9,11,17,19H,10H2,1-2H3. The summed E-state index contributed by atoms with van der Waals surface area (Å²) in [6.07, 6.45) is 0.0740. The number of halogens is 1. The Morgan fingerprint density at radius 1 is 1.15 bits per heavy atom. The van der Waals surface area contributed by atoms with Gasteiger partial charge in [0.15, 0.2) is 0 Å². The summed E-state index contributed by atoms with van der Waals surface area (Å²) in [5.74, 6) is 1.48. The highest BCUT2D eigenvalue weighted by Crippen LogP contribution is 2.36. The Labute approximate surface area is 128 Å². The van der Waals surface area contributed by atoms with Gasteiger partial charge in [0, 0.05) is 4.47 Å².